The number of H-pyrrole nitrogens is 1. The van der Waals surface area contributed by atoms with Gasteiger partial charge in [0, 0.05) is 23.6 Å². The van der Waals surface area contributed by atoms with Gasteiger partial charge in [-0.05, 0) is 36.6 Å². The summed E-state index contributed by atoms with van der Waals surface area (Å²) >= 11 is 0. The van der Waals surface area contributed by atoms with Gasteiger partial charge in [-0.1, -0.05) is 18.2 Å². The highest BCUT2D eigenvalue weighted by Gasteiger charge is 2.04. The Kier molecular flexibility index (Phi) is 3.29. The SMILES string of the molecule is Cc1cc(N)cnc1NCCc1c[nH]c2ccccc12. The van der Waals surface area contributed by atoms with Gasteiger partial charge in [0.1, 0.15) is 5.82 Å². The minimum absolute atomic E-state index is 0.699. The molecule has 2 aromatic heterocycles. The van der Waals surface area contributed by atoms with Crippen LogP contribution < -0.4 is 11.1 Å². The van der Waals surface area contributed by atoms with Gasteiger partial charge in [-0.2, -0.15) is 0 Å². The summed E-state index contributed by atoms with van der Waals surface area (Å²) in [5, 5.41) is 4.65. The van der Waals surface area contributed by atoms with Gasteiger partial charge in [-0.25, -0.2) is 4.98 Å². The lowest BCUT2D eigenvalue weighted by atomic mass is 10.1. The number of rotatable bonds is 4. The molecule has 0 amide bonds. The van der Waals surface area contributed by atoms with Crippen molar-refractivity contribution in [3.8, 4) is 0 Å². The largest absolute Gasteiger partial charge is 0.397 e. The number of hydrogen-bond donors (Lipinski definition) is 3. The molecule has 4 N–H and O–H groups in total. The van der Waals surface area contributed by atoms with Crippen LogP contribution in [0.15, 0.2) is 42.7 Å². The van der Waals surface area contributed by atoms with Crippen molar-refractivity contribution in [1.29, 1.82) is 0 Å². The predicted molar refractivity (Wildman–Crippen MR) is 83.9 cm³/mol. The maximum absolute atomic E-state index is 5.70. The van der Waals surface area contributed by atoms with Gasteiger partial charge in [0.15, 0.2) is 0 Å². The number of aryl methyl sites for hydroxylation is 1. The number of anilines is 2. The Labute approximate surface area is 118 Å². The minimum atomic E-state index is 0.699. The van der Waals surface area contributed by atoms with Crippen molar-refractivity contribution in [2.24, 2.45) is 0 Å². The number of nitrogens with two attached hydrogens (primary N) is 1. The Hall–Kier alpha value is -2.49. The zero-order chi connectivity index (χ0) is 13.9. The fourth-order valence-corrected chi connectivity index (χ4v) is 2.44. The maximum atomic E-state index is 5.70. The van der Waals surface area contributed by atoms with Crippen LogP contribution in [0.4, 0.5) is 11.5 Å². The molecule has 0 aliphatic heterocycles. The van der Waals surface area contributed by atoms with E-state index < -0.39 is 0 Å². The quantitative estimate of drug-likeness (QED) is 0.679. The highest BCUT2D eigenvalue weighted by atomic mass is 15.0. The monoisotopic (exact) mass is 266 g/mol. The van der Waals surface area contributed by atoms with E-state index in [0.29, 0.717) is 5.69 Å². The number of para-hydroxylation sites is 1. The summed E-state index contributed by atoms with van der Waals surface area (Å²) < 4.78 is 0. The molecular formula is C16H18N4. The third kappa shape index (κ3) is 2.45. The van der Waals surface area contributed by atoms with E-state index in [0.717, 1.165) is 24.3 Å². The molecule has 0 saturated heterocycles. The fourth-order valence-electron chi connectivity index (χ4n) is 2.44. The standard InChI is InChI=1S/C16H18N4/c1-11-8-13(17)10-20-16(11)18-7-6-12-9-19-15-5-3-2-4-14(12)15/h2-5,8-10,19H,6-7,17H2,1H3,(H,18,20). The molecule has 1 aromatic carbocycles. The van der Waals surface area contributed by atoms with Crippen molar-refractivity contribution < 1.29 is 0 Å². The normalized spacial score (nSPS) is 10.8. The number of nitrogen functional groups attached to an aromatic ring is 1. The second-order valence-corrected chi connectivity index (χ2v) is 4.97. The Morgan fingerprint density at radius 1 is 1.30 bits per heavy atom. The van der Waals surface area contributed by atoms with Gasteiger partial charge in [0.25, 0.3) is 0 Å². The lowest BCUT2D eigenvalue weighted by Gasteiger charge is -2.08. The van der Waals surface area contributed by atoms with Gasteiger partial charge in [0.2, 0.25) is 0 Å². The van der Waals surface area contributed by atoms with E-state index in [-0.39, 0.29) is 0 Å². The molecule has 0 aliphatic rings. The number of nitrogens with one attached hydrogen (secondary N) is 2. The molecule has 20 heavy (non-hydrogen) atoms. The number of aromatic nitrogens is 2. The summed E-state index contributed by atoms with van der Waals surface area (Å²) in [5.74, 6) is 0.902. The molecule has 0 unspecified atom stereocenters. The van der Waals surface area contributed by atoms with Crippen molar-refractivity contribution in [2.75, 3.05) is 17.6 Å². The summed E-state index contributed by atoms with van der Waals surface area (Å²) in [7, 11) is 0. The van der Waals surface area contributed by atoms with E-state index in [4.69, 9.17) is 5.73 Å². The van der Waals surface area contributed by atoms with E-state index in [1.54, 1.807) is 6.20 Å². The number of fused-ring (bicyclic) bond motifs is 1. The molecule has 0 radical (unpaired) electrons. The molecule has 3 rings (SSSR count). The summed E-state index contributed by atoms with van der Waals surface area (Å²) in [6.07, 6.45) is 4.71. The van der Waals surface area contributed by atoms with Crippen LogP contribution in [0.2, 0.25) is 0 Å². The van der Waals surface area contributed by atoms with E-state index in [9.17, 15) is 0 Å². The van der Waals surface area contributed by atoms with E-state index >= 15 is 0 Å². The zero-order valence-electron chi connectivity index (χ0n) is 11.5. The molecule has 102 valence electrons. The first-order valence-corrected chi connectivity index (χ1v) is 6.75. The summed E-state index contributed by atoms with van der Waals surface area (Å²) in [6.45, 7) is 2.86. The van der Waals surface area contributed by atoms with Crippen molar-refractivity contribution in [3.63, 3.8) is 0 Å². The van der Waals surface area contributed by atoms with Crippen LogP contribution in [-0.2, 0) is 6.42 Å². The van der Waals surface area contributed by atoms with Crippen LogP contribution in [0.3, 0.4) is 0 Å². The molecule has 0 bridgehead atoms. The zero-order valence-corrected chi connectivity index (χ0v) is 11.5. The van der Waals surface area contributed by atoms with Crippen LogP contribution in [0.5, 0.6) is 0 Å². The van der Waals surface area contributed by atoms with Gasteiger partial charge < -0.3 is 16.0 Å². The lowest BCUT2D eigenvalue weighted by Crippen LogP contribution is -2.07. The Morgan fingerprint density at radius 2 is 2.15 bits per heavy atom. The van der Waals surface area contributed by atoms with Crippen molar-refractivity contribution in [2.45, 2.75) is 13.3 Å². The van der Waals surface area contributed by atoms with Gasteiger partial charge in [-0.15, -0.1) is 0 Å². The first-order valence-electron chi connectivity index (χ1n) is 6.75. The van der Waals surface area contributed by atoms with Crippen molar-refractivity contribution in [1.82, 2.24) is 9.97 Å². The van der Waals surface area contributed by atoms with E-state index in [1.807, 2.05) is 19.1 Å². The second-order valence-electron chi connectivity index (χ2n) is 4.97. The minimum Gasteiger partial charge on any atom is -0.397 e. The molecule has 0 fully saturated rings. The third-order valence-electron chi connectivity index (χ3n) is 3.46. The Morgan fingerprint density at radius 3 is 3.00 bits per heavy atom. The molecule has 2 heterocycles. The summed E-state index contributed by atoms with van der Waals surface area (Å²) in [4.78, 5) is 7.61. The van der Waals surface area contributed by atoms with Crippen LogP contribution in [-0.4, -0.2) is 16.5 Å². The Balaban J connectivity index is 1.68. The molecule has 0 spiro atoms. The average molecular weight is 266 g/mol. The van der Waals surface area contributed by atoms with Gasteiger partial charge in [-0.3, -0.25) is 0 Å². The number of aromatic amines is 1. The predicted octanol–water partition coefficient (Wildman–Crippen LogP) is 3.11. The molecular weight excluding hydrogens is 248 g/mol. The Bertz CT molecular complexity index is 730. The van der Waals surface area contributed by atoms with Crippen LogP contribution in [0.25, 0.3) is 10.9 Å². The second kappa shape index (κ2) is 5.25. The molecule has 4 nitrogen and oxygen atoms in total. The van der Waals surface area contributed by atoms with Gasteiger partial charge >= 0.3 is 0 Å². The fraction of sp³-hybridized carbons (Fsp3) is 0.188. The topological polar surface area (TPSA) is 66.7 Å². The number of nitrogens with zero attached hydrogens (tertiary/aromatic N) is 1. The molecule has 0 atom stereocenters. The van der Waals surface area contributed by atoms with Crippen molar-refractivity contribution >= 4 is 22.4 Å². The molecule has 0 aliphatic carbocycles. The highest BCUT2D eigenvalue weighted by Crippen LogP contribution is 2.19. The number of benzene rings is 1. The van der Waals surface area contributed by atoms with E-state index in [2.05, 4.69) is 39.7 Å². The number of pyridine rings is 1. The number of hydrogen-bond acceptors (Lipinski definition) is 3. The lowest BCUT2D eigenvalue weighted by molar-refractivity contribution is 1.01. The molecule has 0 saturated carbocycles. The third-order valence-corrected chi connectivity index (χ3v) is 3.46. The average Bonchev–Trinajstić information content (AvgIpc) is 2.85. The van der Waals surface area contributed by atoms with Crippen molar-refractivity contribution in [3.05, 3.63) is 53.9 Å². The highest BCUT2D eigenvalue weighted by molar-refractivity contribution is 5.83. The summed E-state index contributed by atoms with van der Waals surface area (Å²) in [6, 6.07) is 10.3. The van der Waals surface area contributed by atoms with E-state index in [1.165, 1.54) is 16.5 Å². The van der Waals surface area contributed by atoms with Gasteiger partial charge in [0.05, 0.1) is 11.9 Å². The van der Waals surface area contributed by atoms with Crippen LogP contribution in [0.1, 0.15) is 11.1 Å². The first kappa shape index (κ1) is 12.5. The first-order chi connectivity index (χ1) is 9.74. The van der Waals surface area contributed by atoms with Crippen LogP contribution >= 0.6 is 0 Å². The molecule has 3 aromatic rings. The maximum Gasteiger partial charge on any atom is 0.129 e. The van der Waals surface area contributed by atoms with Crippen LogP contribution in [0, 0.1) is 6.92 Å². The molecule has 4 heteroatoms. The summed E-state index contributed by atoms with van der Waals surface area (Å²) in [5.41, 5.74) is 9.98. The smallest absolute Gasteiger partial charge is 0.129 e.